The number of anilines is 1. The number of hydrogen-bond acceptors (Lipinski definition) is 4. The highest BCUT2D eigenvalue weighted by molar-refractivity contribution is 7.20. The number of rotatable bonds is 2. The summed E-state index contributed by atoms with van der Waals surface area (Å²) in [5.74, 6) is -0.277. The molecule has 2 rings (SSSR count). The van der Waals surface area contributed by atoms with Gasteiger partial charge in [0.05, 0.1) is 14.9 Å². The van der Waals surface area contributed by atoms with E-state index in [2.05, 4.69) is 10.3 Å². The molecule has 0 aliphatic carbocycles. The molecule has 1 amide bonds. The van der Waals surface area contributed by atoms with E-state index in [1.165, 1.54) is 23.6 Å². The molecule has 0 aliphatic heterocycles. The Hall–Kier alpha value is -1.90. The summed E-state index contributed by atoms with van der Waals surface area (Å²) in [6.07, 6.45) is 1.36. The van der Waals surface area contributed by atoms with Crippen LogP contribution in [0.15, 0.2) is 30.5 Å². The number of pyridine rings is 1. The van der Waals surface area contributed by atoms with E-state index in [0.29, 0.717) is 14.9 Å². The maximum absolute atomic E-state index is 11.8. The summed E-state index contributed by atoms with van der Waals surface area (Å²) in [5, 5.41) is 11.9. The molecule has 0 atom stereocenters. The van der Waals surface area contributed by atoms with Crippen LogP contribution in [0.25, 0.3) is 0 Å². The van der Waals surface area contributed by atoms with Gasteiger partial charge in [-0.05, 0) is 24.3 Å². The average Bonchev–Trinajstić information content (AvgIpc) is 2.75. The van der Waals surface area contributed by atoms with Gasteiger partial charge >= 0.3 is 0 Å². The van der Waals surface area contributed by atoms with Gasteiger partial charge in [0.1, 0.15) is 11.8 Å². The van der Waals surface area contributed by atoms with Gasteiger partial charge in [-0.25, -0.2) is 4.98 Å². The van der Waals surface area contributed by atoms with Gasteiger partial charge in [-0.2, -0.15) is 5.26 Å². The summed E-state index contributed by atoms with van der Waals surface area (Å²) in [7, 11) is 0. The lowest BCUT2D eigenvalue weighted by atomic mass is 10.2. The van der Waals surface area contributed by atoms with Crippen LogP contribution >= 0.6 is 22.9 Å². The van der Waals surface area contributed by atoms with Crippen LogP contribution < -0.4 is 5.32 Å². The first-order chi connectivity index (χ1) is 8.19. The van der Waals surface area contributed by atoms with Crippen LogP contribution in [0.2, 0.25) is 4.34 Å². The maximum Gasteiger partial charge on any atom is 0.257 e. The quantitative estimate of drug-likeness (QED) is 0.906. The molecule has 4 nitrogen and oxygen atoms in total. The van der Waals surface area contributed by atoms with Gasteiger partial charge in [-0.1, -0.05) is 11.6 Å². The number of nitriles is 1. The third kappa shape index (κ3) is 2.81. The Labute approximate surface area is 106 Å². The fourth-order valence-corrected chi connectivity index (χ4v) is 2.10. The molecule has 0 radical (unpaired) electrons. The first-order valence-electron chi connectivity index (χ1n) is 4.62. The van der Waals surface area contributed by atoms with E-state index in [-0.39, 0.29) is 11.6 Å². The largest absolute Gasteiger partial charge is 0.313 e. The van der Waals surface area contributed by atoms with Crippen molar-refractivity contribution >= 4 is 33.8 Å². The van der Waals surface area contributed by atoms with E-state index >= 15 is 0 Å². The van der Waals surface area contributed by atoms with Gasteiger partial charge in [0.2, 0.25) is 0 Å². The van der Waals surface area contributed by atoms with E-state index in [0.717, 1.165) is 0 Å². The third-order valence-corrected chi connectivity index (χ3v) is 3.10. The molecule has 0 aromatic carbocycles. The molecule has 2 heterocycles. The molecule has 0 aliphatic rings. The van der Waals surface area contributed by atoms with E-state index in [1.54, 1.807) is 18.2 Å². The number of aromatic nitrogens is 1. The average molecular weight is 264 g/mol. The lowest BCUT2D eigenvalue weighted by Crippen LogP contribution is -2.11. The fraction of sp³-hybridized carbons (Fsp3) is 0. The van der Waals surface area contributed by atoms with Crippen LogP contribution in [0.4, 0.5) is 5.00 Å². The van der Waals surface area contributed by atoms with E-state index in [1.807, 2.05) is 6.07 Å². The van der Waals surface area contributed by atoms with Crippen LogP contribution in [0, 0.1) is 11.3 Å². The monoisotopic (exact) mass is 263 g/mol. The number of nitrogens with zero attached hydrogens (tertiary/aromatic N) is 2. The van der Waals surface area contributed by atoms with Crippen molar-refractivity contribution in [1.29, 1.82) is 5.26 Å². The zero-order valence-corrected chi connectivity index (χ0v) is 10.0. The summed E-state index contributed by atoms with van der Waals surface area (Å²) in [5.41, 5.74) is 0.675. The lowest BCUT2D eigenvalue weighted by Gasteiger charge is -2.01. The molecule has 0 saturated carbocycles. The van der Waals surface area contributed by atoms with Crippen molar-refractivity contribution in [3.63, 3.8) is 0 Å². The number of amides is 1. The Morgan fingerprint density at radius 1 is 1.41 bits per heavy atom. The predicted octanol–water partition coefficient (Wildman–Crippen LogP) is 2.92. The number of thiophene rings is 1. The van der Waals surface area contributed by atoms with Gasteiger partial charge in [0.15, 0.2) is 0 Å². The highest BCUT2D eigenvalue weighted by atomic mass is 35.5. The Kier molecular flexibility index (Phi) is 3.38. The molecule has 84 valence electrons. The zero-order valence-electron chi connectivity index (χ0n) is 8.48. The van der Waals surface area contributed by atoms with Gasteiger partial charge in [-0.3, -0.25) is 4.79 Å². The van der Waals surface area contributed by atoms with Crippen molar-refractivity contribution in [1.82, 2.24) is 4.98 Å². The van der Waals surface area contributed by atoms with Gasteiger partial charge in [-0.15, -0.1) is 11.3 Å². The van der Waals surface area contributed by atoms with Gasteiger partial charge < -0.3 is 5.32 Å². The molecule has 17 heavy (non-hydrogen) atoms. The number of halogens is 1. The normalized spacial score (nSPS) is 9.65. The topological polar surface area (TPSA) is 65.8 Å². The van der Waals surface area contributed by atoms with Crippen molar-refractivity contribution in [2.24, 2.45) is 0 Å². The first kappa shape index (κ1) is 11.6. The SMILES string of the molecule is N#Cc1ccc(C(=O)Nc2ccc(Cl)s2)cn1. The number of carbonyl (C=O) groups is 1. The summed E-state index contributed by atoms with van der Waals surface area (Å²) in [6.45, 7) is 0. The fourth-order valence-electron chi connectivity index (χ4n) is 1.16. The first-order valence-corrected chi connectivity index (χ1v) is 5.81. The molecule has 0 unspecified atom stereocenters. The Bertz CT molecular complexity index is 586. The highest BCUT2D eigenvalue weighted by Gasteiger charge is 2.07. The van der Waals surface area contributed by atoms with Gasteiger partial charge in [0, 0.05) is 6.20 Å². The minimum Gasteiger partial charge on any atom is -0.313 e. The van der Waals surface area contributed by atoms with Crippen LogP contribution in [-0.4, -0.2) is 10.9 Å². The third-order valence-electron chi connectivity index (χ3n) is 1.95. The summed E-state index contributed by atoms with van der Waals surface area (Å²) in [6, 6.07) is 8.37. The minimum atomic E-state index is -0.277. The molecule has 0 bridgehead atoms. The molecule has 2 aromatic rings. The Morgan fingerprint density at radius 3 is 2.76 bits per heavy atom. The van der Waals surface area contributed by atoms with E-state index < -0.39 is 0 Å². The van der Waals surface area contributed by atoms with Crippen LogP contribution in [0.1, 0.15) is 16.1 Å². The number of carbonyl (C=O) groups excluding carboxylic acids is 1. The van der Waals surface area contributed by atoms with E-state index in [4.69, 9.17) is 16.9 Å². The standard InChI is InChI=1S/C11H6ClN3OS/c12-9-3-4-10(17-9)15-11(16)7-1-2-8(5-13)14-6-7/h1-4,6H,(H,15,16). The smallest absolute Gasteiger partial charge is 0.257 e. The van der Waals surface area contributed by atoms with Crippen LogP contribution in [0.5, 0.6) is 0 Å². The van der Waals surface area contributed by atoms with Crippen molar-refractivity contribution in [2.75, 3.05) is 5.32 Å². The Morgan fingerprint density at radius 2 is 2.24 bits per heavy atom. The van der Waals surface area contributed by atoms with Crippen molar-refractivity contribution in [3.05, 3.63) is 46.1 Å². The molecule has 0 saturated heterocycles. The number of nitrogens with one attached hydrogen (secondary N) is 1. The second kappa shape index (κ2) is 4.95. The van der Waals surface area contributed by atoms with E-state index in [9.17, 15) is 4.79 Å². The minimum absolute atomic E-state index is 0.277. The summed E-state index contributed by atoms with van der Waals surface area (Å²) in [4.78, 5) is 15.6. The van der Waals surface area contributed by atoms with Crippen LogP contribution in [-0.2, 0) is 0 Å². The van der Waals surface area contributed by atoms with Crippen molar-refractivity contribution in [2.45, 2.75) is 0 Å². The molecule has 2 aromatic heterocycles. The zero-order chi connectivity index (χ0) is 12.3. The van der Waals surface area contributed by atoms with Gasteiger partial charge in [0.25, 0.3) is 5.91 Å². The summed E-state index contributed by atoms with van der Waals surface area (Å²) >= 11 is 7.03. The highest BCUT2D eigenvalue weighted by Crippen LogP contribution is 2.26. The second-order valence-electron chi connectivity index (χ2n) is 3.10. The maximum atomic E-state index is 11.8. The molecule has 6 heteroatoms. The van der Waals surface area contributed by atoms with Crippen LogP contribution in [0.3, 0.4) is 0 Å². The molecular weight excluding hydrogens is 258 g/mol. The Balaban J connectivity index is 2.12. The molecule has 0 spiro atoms. The molecular formula is C11H6ClN3OS. The summed E-state index contributed by atoms with van der Waals surface area (Å²) < 4.78 is 0.609. The molecule has 1 N–H and O–H groups in total. The predicted molar refractivity (Wildman–Crippen MR) is 66.2 cm³/mol. The van der Waals surface area contributed by atoms with Crippen molar-refractivity contribution < 1.29 is 4.79 Å². The molecule has 0 fully saturated rings. The second-order valence-corrected chi connectivity index (χ2v) is 4.82. The van der Waals surface area contributed by atoms with Crippen molar-refractivity contribution in [3.8, 4) is 6.07 Å². The number of hydrogen-bond donors (Lipinski definition) is 1. The lowest BCUT2D eigenvalue weighted by molar-refractivity contribution is 0.102.